The van der Waals surface area contributed by atoms with Crippen molar-refractivity contribution in [2.24, 2.45) is 0 Å². The molecule has 0 atom stereocenters. The van der Waals surface area contributed by atoms with Crippen LogP contribution in [0.15, 0.2) is 36.8 Å². The molecule has 1 aliphatic carbocycles. The molecule has 0 spiro atoms. The van der Waals surface area contributed by atoms with Crippen molar-refractivity contribution in [2.45, 2.75) is 52.1 Å². The fourth-order valence-corrected chi connectivity index (χ4v) is 2.91. The number of rotatable bonds is 4. The molecule has 1 saturated carbocycles. The van der Waals surface area contributed by atoms with Gasteiger partial charge in [0.05, 0.1) is 11.9 Å². The quantitative estimate of drug-likeness (QED) is 0.404. The third-order valence-corrected chi connectivity index (χ3v) is 5.37. The summed E-state index contributed by atoms with van der Waals surface area (Å²) in [4.78, 5) is 24.2. The average Bonchev–Trinajstić information content (AvgIpc) is 3.21. The van der Waals surface area contributed by atoms with E-state index in [4.69, 9.17) is 0 Å². The number of nitrogens with one attached hydrogen (secondary N) is 3. The topological polar surface area (TPSA) is 100 Å². The Balaban J connectivity index is 0.000000287. The number of aromatic amines is 1. The fraction of sp³-hybridized carbons (Fsp3) is 0.417. The predicted octanol–water partition coefficient (Wildman–Crippen LogP) is 4.99. The molecule has 33 heavy (non-hydrogen) atoms. The maximum absolute atomic E-state index is 12.1. The van der Waals surface area contributed by atoms with Gasteiger partial charge < -0.3 is 15.6 Å². The van der Waals surface area contributed by atoms with Crippen molar-refractivity contribution < 1.29 is 9.18 Å². The van der Waals surface area contributed by atoms with Crippen molar-refractivity contribution in [1.82, 2.24) is 29.9 Å². The Kier molecular flexibility index (Phi) is 7.63. The molecule has 1 aliphatic rings. The van der Waals surface area contributed by atoms with Gasteiger partial charge >= 0.3 is 0 Å². The lowest BCUT2D eigenvalue weighted by molar-refractivity contribution is 0.0964. The van der Waals surface area contributed by atoms with Gasteiger partial charge in [-0.2, -0.15) is 9.61 Å². The number of unbranched alkanes of at least 4 members (excludes halogenated alkanes) is 1. The number of hydrogen-bond donors (Lipinski definition) is 3. The van der Waals surface area contributed by atoms with Crippen LogP contribution < -0.4 is 10.6 Å². The van der Waals surface area contributed by atoms with Crippen molar-refractivity contribution >= 4 is 28.4 Å². The van der Waals surface area contributed by atoms with Crippen molar-refractivity contribution in [3.05, 3.63) is 42.4 Å². The number of alkyl halides is 1. The second kappa shape index (κ2) is 10.4. The molecule has 4 aromatic heterocycles. The first-order valence-corrected chi connectivity index (χ1v) is 11.2. The molecule has 4 aromatic rings. The van der Waals surface area contributed by atoms with E-state index in [0.29, 0.717) is 11.2 Å². The first-order valence-electron chi connectivity index (χ1n) is 11.2. The number of fused-ring (bicyclic) bond motifs is 2. The van der Waals surface area contributed by atoms with Gasteiger partial charge in [-0.05, 0) is 31.9 Å². The average molecular weight is 454 g/mol. The van der Waals surface area contributed by atoms with Crippen LogP contribution in [0.1, 0.15) is 56.8 Å². The van der Waals surface area contributed by atoms with E-state index in [9.17, 15) is 9.18 Å². The summed E-state index contributed by atoms with van der Waals surface area (Å²) in [5, 5.41) is 10.9. The summed E-state index contributed by atoms with van der Waals surface area (Å²) in [6, 6.07) is 5.75. The van der Waals surface area contributed by atoms with Gasteiger partial charge in [0, 0.05) is 43.5 Å². The van der Waals surface area contributed by atoms with Crippen LogP contribution in [0.2, 0.25) is 0 Å². The van der Waals surface area contributed by atoms with Crippen LogP contribution in [0, 0.1) is 0 Å². The number of amides is 1. The molecule has 176 valence electrons. The molecule has 8 nitrogen and oxygen atoms in total. The van der Waals surface area contributed by atoms with Gasteiger partial charge in [0.25, 0.3) is 5.91 Å². The van der Waals surface area contributed by atoms with E-state index < -0.39 is 5.67 Å². The van der Waals surface area contributed by atoms with E-state index in [-0.39, 0.29) is 5.91 Å². The molecule has 9 heteroatoms. The van der Waals surface area contributed by atoms with E-state index in [1.54, 1.807) is 31.7 Å². The number of hydrogen-bond acceptors (Lipinski definition) is 5. The molecule has 4 heterocycles. The Bertz CT molecular complexity index is 1220. The van der Waals surface area contributed by atoms with Crippen LogP contribution >= 0.6 is 0 Å². The van der Waals surface area contributed by atoms with Crippen molar-refractivity contribution in [2.75, 3.05) is 19.4 Å². The zero-order valence-corrected chi connectivity index (χ0v) is 19.9. The number of pyridine rings is 1. The predicted molar refractivity (Wildman–Crippen MR) is 130 cm³/mol. The smallest absolute Gasteiger partial charge is 0.256 e. The number of carbonyl (C=O) groups excluding carboxylic acids is 1. The van der Waals surface area contributed by atoms with E-state index in [0.717, 1.165) is 41.0 Å². The summed E-state index contributed by atoms with van der Waals surface area (Å²) >= 11 is 0. The highest BCUT2D eigenvalue weighted by molar-refractivity contribution is 6.00. The Morgan fingerprint density at radius 1 is 1.27 bits per heavy atom. The van der Waals surface area contributed by atoms with Crippen molar-refractivity contribution in [3.63, 3.8) is 0 Å². The minimum Gasteiger partial charge on any atom is -0.373 e. The van der Waals surface area contributed by atoms with Gasteiger partial charge in [0.15, 0.2) is 5.65 Å². The van der Waals surface area contributed by atoms with Crippen LogP contribution in [0.4, 0.5) is 10.2 Å². The maximum Gasteiger partial charge on any atom is 0.256 e. The first-order chi connectivity index (χ1) is 15.8. The highest BCUT2D eigenvalue weighted by Gasteiger charge is 2.36. The molecule has 0 aliphatic heterocycles. The van der Waals surface area contributed by atoms with E-state index in [1.165, 1.54) is 19.0 Å². The van der Waals surface area contributed by atoms with Crippen LogP contribution in [0.3, 0.4) is 0 Å². The normalized spacial score (nSPS) is 13.5. The van der Waals surface area contributed by atoms with Gasteiger partial charge in [-0.1, -0.05) is 26.7 Å². The van der Waals surface area contributed by atoms with Crippen LogP contribution in [-0.2, 0) is 0 Å². The van der Waals surface area contributed by atoms with Gasteiger partial charge in [0.1, 0.15) is 22.7 Å². The molecule has 0 bridgehead atoms. The fourth-order valence-electron chi connectivity index (χ4n) is 2.91. The zero-order valence-electron chi connectivity index (χ0n) is 19.9. The molecule has 0 saturated heterocycles. The summed E-state index contributed by atoms with van der Waals surface area (Å²) < 4.78 is 13.4. The standard InChI is InChI=1S/C16H15N7O.C4H7F.C4H10/c1-17-13-6-12(10-7-20-14-9(10)4-3-5-19-14)22-15-11(16(24)18-2)8-21-23(13)15;1-4(5)2-3-4;1-3-4-2/h3-8,17H,1-2H3,(H,18,24)(H,19,20);2-3H2,1H3;3-4H2,1-2H3. The van der Waals surface area contributed by atoms with Crippen molar-refractivity contribution in [1.29, 1.82) is 0 Å². The SMILES string of the molecule is CC1(F)CC1.CCCC.CNC(=O)c1cnn2c(NC)cc(-c3c[nH]c4ncccc34)nc12. The van der Waals surface area contributed by atoms with E-state index >= 15 is 0 Å². The van der Waals surface area contributed by atoms with Gasteiger partial charge in [-0.25, -0.2) is 14.4 Å². The van der Waals surface area contributed by atoms with Crippen molar-refractivity contribution in [3.8, 4) is 11.3 Å². The summed E-state index contributed by atoms with van der Waals surface area (Å²) in [6.07, 6.45) is 9.33. The zero-order chi connectivity index (χ0) is 24.0. The first kappa shape index (κ1) is 24.2. The third-order valence-electron chi connectivity index (χ3n) is 5.37. The maximum atomic E-state index is 12.1. The molecule has 0 aromatic carbocycles. The highest BCUT2D eigenvalue weighted by Crippen LogP contribution is 2.38. The number of H-pyrrole nitrogens is 1. The summed E-state index contributed by atoms with van der Waals surface area (Å²) in [7, 11) is 3.39. The van der Waals surface area contributed by atoms with Gasteiger partial charge in [-0.3, -0.25) is 4.79 Å². The second-order valence-electron chi connectivity index (χ2n) is 8.16. The summed E-state index contributed by atoms with van der Waals surface area (Å²) in [6.45, 7) is 5.99. The number of aromatic nitrogens is 5. The largest absolute Gasteiger partial charge is 0.373 e. The molecule has 0 radical (unpaired) electrons. The van der Waals surface area contributed by atoms with Gasteiger partial charge in [-0.15, -0.1) is 0 Å². The minimum atomic E-state index is -0.750. The molecule has 3 N–H and O–H groups in total. The number of carbonyl (C=O) groups is 1. The molecular formula is C24H32FN7O. The number of anilines is 1. The second-order valence-corrected chi connectivity index (χ2v) is 8.16. The van der Waals surface area contributed by atoms with Crippen LogP contribution in [0.25, 0.3) is 27.9 Å². The van der Waals surface area contributed by atoms with E-state index in [2.05, 4.69) is 44.5 Å². The Labute approximate surface area is 193 Å². The molecule has 1 fully saturated rings. The Morgan fingerprint density at radius 2 is 1.97 bits per heavy atom. The molecule has 0 unspecified atom stereocenters. The Hall–Kier alpha value is -3.49. The summed E-state index contributed by atoms with van der Waals surface area (Å²) in [5.74, 6) is 0.515. The number of halogens is 1. The van der Waals surface area contributed by atoms with Crippen LogP contribution in [0.5, 0.6) is 0 Å². The third kappa shape index (κ3) is 5.66. The Morgan fingerprint density at radius 3 is 2.55 bits per heavy atom. The van der Waals surface area contributed by atoms with Crippen LogP contribution in [-0.4, -0.2) is 50.2 Å². The minimum absolute atomic E-state index is 0.225. The number of nitrogens with zero attached hydrogens (tertiary/aromatic N) is 4. The lowest BCUT2D eigenvalue weighted by Gasteiger charge is -2.07. The van der Waals surface area contributed by atoms with E-state index in [1.807, 2.05) is 24.4 Å². The monoisotopic (exact) mass is 453 g/mol. The molecular weight excluding hydrogens is 421 g/mol. The lowest BCUT2D eigenvalue weighted by atomic mass is 10.1. The summed E-state index contributed by atoms with van der Waals surface area (Å²) in [5.41, 5.74) is 2.61. The lowest BCUT2D eigenvalue weighted by Crippen LogP contribution is -2.17. The molecule has 1 amide bonds. The van der Waals surface area contributed by atoms with Gasteiger partial charge in [0.2, 0.25) is 0 Å². The highest BCUT2D eigenvalue weighted by atomic mass is 19.1. The molecule has 5 rings (SSSR count).